The SMILES string of the molecule is CC/C=C/C/C=C/CCCCCCCCCC(=O)OCC(COCCC(C(=O)O)[N+](C)(C)C)OC(=O)CCCCCCCCCCCCCCCCCCCCCC. The third-order valence-corrected chi connectivity index (χ3v) is 11.1. The van der Waals surface area contributed by atoms with Crippen molar-refractivity contribution in [3.8, 4) is 0 Å². The van der Waals surface area contributed by atoms with Gasteiger partial charge >= 0.3 is 17.9 Å². The first-order valence-electron chi connectivity index (χ1n) is 24.4. The van der Waals surface area contributed by atoms with Gasteiger partial charge in [-0.25, -0.2) is 4.79 Å². The van der Waals surface area contributed by atoms with E-state index in [0.717, 1.165) is 57.8 Å². The van der Waals surface area contributed by atoms with E-state index in [-0.39, 0.29) is 36.2 Å². The van der Waals surface area contributed by atoms with Crippen LogP contribution in [0.1, 0.15) is 226 Å². The average Bonchev–Trinajstić information content (AvgIpc) is 3.18. The number of unbranched alkanes of at least 4 members (excludes halogenated alkanes) is 26. The Balaban J connectivity index is 4.23. The lowest BCUT2D eigenvalue weighted by Gasteiger charge is -2.31. The van der Waals surface area contributed by atoms with Crippen LogP contribution in [0.5, 0.6) is 0 Å². The molecule has 0 aromatic carbocycles. The first-order chi connectivity index (χ1) is 28.1. The summed E-state index contributed by atoms with van der Waals surface area (Å²) in [7, 11) is 5.54. The highest BCUT2D eigenvalue weighted by atomic mass is 16.6. The third-order valence-electron chi connectivity index (χ3n) is 11.1. The number of esters is 2. The number of carbonyl (C=O) groups is 3. The number of likely N-dealkylation sites (N-methyl/N-ethyl adjacent to an activating group) is 1. The van der Waals surface area contributed by atoms with Crippen LogP contribution in [0.25, 0.3) is 0 Å². The second-order valence-corrected chi connectivity index (χ2v) is 17.7. The largest absolute Gasteiger partial charge is 0.477 e. The van der Waals surface area contributed by atoms with Crippen LogP contribution in [0.4, 0.5) is 0 Å². The van der Waals surface area contributed by atoms with Crippen molar-refractivity contribution in [2.45, 2.75) is 238 Å². The molecule has 0 radical (unpaired) electrons. The Morgan fingerprint density at radius 3 is 1.41 bits per heavy atom. The molecule has 0 saturated heterocycles. The van der Waals surface area contributed by atoms with E-state index >= 15 is 0 Å². The minimum absolute atomic E-state index is 0.0507. The number of ether oxygens (including phenoxy) is 3. The van der Waals surface area contributed by atoms with Crippen molar-refractivity contribution in [1.29, 1.82) is 0 Å². The molecule has 2 unspecified atom stereocenters. The first kappa shape index (κ1) is 55.8. The molecule has 0 aliphatic carbocycles. The first-order valence-corrected chi connectivity index (χ1v) is 24.4. The number of hydrogen-bond acceptors (Lipinski definition) is 6. The van der Waals surface area contributed by atoms with Crippen molar-refractivity contribution in [2.75, 3.05) is 41.0 Å². The predicted molar refractivity (Wildman–Crippen MR) is 243 cm³/mol. The van der Waals surface area contributed by atoms with Gasteiger partial charge in [0.05, 0.1) is 34.4 Å². The molecule has 0 rings (SSSR count). The maximum absolute atomic E-state index is 12.8. The van der Waals surface area contributed by atoms with Crippen LogP contribution >= 0.6 is 0 Å². The summed E-state index contributed by atoms with van der Waals surface area (Å²) in [5.41, 5.74) is 0. The number of nitrogens with zero attached hydrogens (tertiary/aromatic N) is 1. The van der Waals surface area contributed by atoms with Gasteiger partial charge in [-0.15, -0.1) is 0 Å². The second-order valence-electron chi connectivity index (χ2n) is 17.7. The molecule has 0 spiro atoms. The summed E-state index contributed by atoms with van der Waals surface area (Å²) in [4.78, 5) is 37.1. The van der Waals surface area contributed by atoms with Crippen LogP contribution in [-0.4, -0.2) is 80.6 Å². The zero-order valence-electron chi connectivity index (χ0n) is 38.8. The Morgan fingerprint density at radius 2 is 0.966 bits per heavy atom. The highest BCUT2D eigenvalue weighted by molar-refractivity contribution is 5.72. The minimum atomic E-state index is -0.873. The highest BCUT2D eigenvalue weighted by Gasteiger charge is 2.31. The molecule has 0 aromatic heterocycles. The normalized spacial score (nSPS) is 13.1. The second kappa shape index (κ2) is 41.5. The molecule has 8 nitrogen and oxygen atoms in total. The number of carboxylic acid groups (broad SMARTS) is 1. The quantitative estimate of drug-likeness (QED) is 0.0283. The summed E-state index contributed by atoms with van der Waals surface area (Å²) in [6.07, 6.45) is 46.5. The van der Waals surface area contributed by atoms with E-state index < -0.39 is 18.1 Å². The fraction of sp³-hybridized carbons (Fsp3) is 0.860. The van der Waals surface area contributed by atoms with Gasteiger partial charge in [-0.3, -0.25) is 9.59 Å². The summed E-state index contributed by atoms with van der Waals surface area (Å²) in [5, 5.41) is 9.64. The number of hydrogen-bond donors (Lipinski definition) is 1. The number of aliphatic carboxylic acids is 1. The zero-order valence-corrected chi connectivity index (χ0v) is 38.8. The van der Waals surface area contributed by atoms with Gasteiger partial charge < -0.3 is 23.8 Å². The van der Waals surface area contributed by atoms with Gasteiger partial charge in [-0.2, -0.15) is 0 Å². The van der Waals surface area contributed by atoms with Gasteiger partial charge in [-0.1, -0.05) is 192 Å². The van der Waals surface area contributed by atoms with E-state index in [4.69, 9.17) is 14.2 Å². The molecule has 0 fully saturated rings. The minimum Gasteiger partial charge on any atom is -0.477 e. The van der Waals surface area contributed by atoms with Gasteiger partial charge in [0, 0.05) is 19.3 Å². The summed E-state index contributed by atoms with van der Waals surface area (Å²) in [5.74, 6) is -1.46. The van der Waals surface area contributed by atoms with E-state index in [0.29, 0.717) is 19.3 Å². The molecule has 0 aliphatic rings. The molecule has 0 saturated carbocycles. The van der Waals surface area contributed by atoms with Crippen molar-refractivity contribution >= 4 is 17.9 Å². The number of carboxylic acids is 1. The third kappa shape index (κ3) is 39.3. The molecule has 0 bridgehead atoms. The van der Waals surface area contributed by atoms with Crippen molar-refractivity contribution in [3.05, 3.63) is 24.3 Å². The standard InChI is InChI=1S/C50H93NO7/c1-6-8-10-12-14-16-18-20-22-23-24-25-26-27-29-31-33-35-37-39-41-49(53)58-46(44-56-43-42-47(50(54)55)51(3,4)5)45-57-48(52)40-38-36-34-32-30-28-21-19-17-15-13-11-9-7-2/h9,11,15,17,46-47H,6-8,10,12-14,16,18-45H2,1-5H3/p+1/b11-9+,17-15+. The molecule has 0 aliphatic heterocycles. The van der Waals surface area contributed by atoms with Crippen LogP contribution in [0, 0.1) is 0 Å². The van der Waals surface area contributed by atoms with E-state index in [1.54, 1.807) is 0 Å². The van der Waals surface area contributed by atoms with Crippen molar-refractivity contribution < 1.29 is 38.2 Å². The van der Waals surface area contributed by atoms with Crippen molar-refractivity contribution in [3.63, 3.8) is 0 Å². The Kier molecular flexibility index (Phi) is 40.0. The van der Waals surface area contributed by atoms with Crippen LogP contribution in [0.2, 0.25) is 0 Å². The van der Waals surface area contributed by atoms with Crippen LogP contribution in [0.3, 0.4) is 0 Å². The average molecular weight is 821 g/mol. The summed E-state index contributed by atoms with van der Waals surface area (Å²) in [6, 6.07) is -0.613. The number of allylic oxidation sites excluding steroid dienone is 4. The fourth-order valence-corrected chi connectivity index (χ4v) is 7.37. The van der Waals surface area contributed by atoms with Gasteiger partial charge in [0.1, 0.15) is 6.61 Å². The molecule has 0 aromatic rings. The van der Waals surface area contributed by atoms with Gasteiger partial charge in [0.15, 0.2) is 12.1 Å². The summed E-state index contributed by atoms with van der Waals surface area (Å²) in [6.45, 7) is 4.66. The molecule has 8 heteroatoms. The van der Waals surface area contributed by atoms with E-state index in [2.05, 4.69) is 38.2 Å². The Hall–Kier alpha value is -2.19. The lowest BCUT2D eigenvalue weighted by atomic mass is 10.0. The zero-order chi connectivity index (χ0) is 42.8. The highest BCUT2D eigenvalue weighted by Crippen LogP contribution is 2.16. The van der Waals surface area contributed by atoms with Gasteiger partial charge in [0.2, 0.25) is 0 Å². The Bertz CT molecular complexity index is 1000. The van der Waals surface area contributed by atoms with E-state index in [1.807, 2.05) is 21.1 Å². The smallest absolute Gasteiger partial charge is 0.362 e. The number of rotatable bonds is 44. The van der Waals surface area contributed by atoms with E-state index in [1.165, 1.54) is 135 Å². The van der Waals surface area contributed by atoms with E-state index in [9.17, 15) is 19.5 Å². The molecule has 0 heterocycles. The van der Waals surface area contributed by atoms with Gasteiger partial charge in [-0.05, 0) is 38.5 Å². The lowest BCUT2D eigenvalue weighted by Crippen LogP contribution is -2.50. The molecule has 2 atom stereocenters. The summed E-state index contributed by atoms with van der Waals surface area (Å²) >= 11 is 0. The number of carbonyl (C=O) groups excluding carboxylic acids is 2. The molecule has 58 heavy (non-hydrogen) atoms. The topological polar surface area (TPSA) is 99.1 Å². The predicted octanol–water partition coefficient (Wildman–Crippen LogP) is 13.6. The molecule has 1 N–H and O–H groups in total. The number of quaternary nitrogens is 1. The molecule has 0 amide bonds. The van der Waals surface area contributed by atoms with Crippen molar-refractivity contribution in [2.24, 2.45) is 0 Å². The Morgan fingerprint density at radius 1 is 0.534 bits per heavy atom. The lowest BCUT2D eigenvalue weighted by molar-refractivity contribution is -0.887. The fourth-order valence-electron chi connectivity index (χ4n) is 7.37. The van der Waals surface area contributed by atoms with Crippen LogP contribution < -0.4 is 0 Å². The maximum atomic E-state index is 12.8. The molecular weight excluding hydrogens is 727 g/mol. The van der Waals surface area contributed by atoms with Crippen molar-refractivity contribution in [1.82, 2.24) is 0 Å². The monoisotopic (exact) mass is 821 g/mol. The van der Waals surface area contributed by atoms with Crippen LogP contribution in [0.15, 0.2) is 24.3 Å². The molecular formula is C50H94NO7+. The molecule has 340 valence electrons. The summed E-state index contributed by atoms with van der Waals surface area (Å²) < 4.78 is 17.3. The van der Waals surface area contributed by atoms with Crippen LogP contribution in [-0.2, 0) is 28.6 Å². The maximum Gasteiger partial charge on any atom is 0.362 e. The van der Waals surface area contributed by atoms with Gasteiger partial charge in [0.25, 0.3) is 0 Å². The Labute approximate surface area is 358 Å².